The zero-order valence-electron chi connectivity index (χ0n) is 12.4. The van der Waals surface area contributed by atoms with Crippen LogP contribution in [0.4, 0.5) is 14.5 Å². The van der Waals surface area contributed by atoms with Crippen molar-refractivity contribution < 1.29 is 22.0 Å². The number of amides is 1. The molecule has 3 rings (SSSR count). The lowest BCUT2D eigenvalue weighted by atomic mass is 10.2. The van der Waals surface area contributed by atoms with Gasteiger partial charge >= 0.3 is 0 Å². The molecule has 1 saturated heterocycles. The average Bonchev–Trinajstić information content (AvgIpc) is 2.89. The van der Waals surface area contributed by atoms with E-state index in [-0.39, 0.29) is 23.5 Å². The number of para-hydroxylation sites is 1. The third-order valence-electron chi connectivity index (χ3n) is 3.77. The van der Waals surface area contributed by atoms with E-state index >= 15 is 0 Å². The van der Waals surface area contributed by atoms with Crippen molar-refractivity contribution in [2.24, 2.45) is 0 Å². The first-order valence-electron chi connectivity index (χ1n) is 7.22. The minimum Gasteiger partial charge on any atom is -0.308 e. The molecule has 1 fully saturated rings. The molecular formula is C16H14F2N2O3S. The van der Waals surface area contributed by atoms with Gasteiger partial charge in [-0.3, -0.25) is 4.79 Å². The van der Waals surface area contributed by atoms with Crippen molar-refractivity contribution in [1.29, 1.82) is 0 Å². The van der Waals surface area contributed by atoms with Crippen LogP contribution in [0.2, 0.25) is 0 Å². The topological polar surface area (TPSA) is 66.5 Å². The molecule has 1 aliphatic heterocycles. The predicted molar refractivity (Wildman–Crippen MR) is 83.9 cm³/mol. The maximum absolute atomic E-state index is 13.8. The van der Waals surface area contributed by atoms with Crippen molar-refractivity contribution in [3.8, 4) is 0 Å². The molecule has 0 aromatic heterocycles. The first-order valence-corrected chi connectivity index (χ1v) is 8.70. The average molecular weight is 352 g/mol. The van der Waals surface area contributed by atoms with Crippen molar-refractivity contribution >= 4 is 21.6 Å². The van der Waals surface area contributed by atoms with Crippen molar-refractivity contribution in [2.45, 2.75) is 17.4 Å². The van der Waals surface area contributed by atoms with E-state index in [1.807, 2.05) is 0 Å². The fourth-order valence-corrected chi connectivity index (χ4v) is 3.79. The van der Waals surface area contributed by atoms with Gasteiger partial charge in [-0.1, -0.05) is 12.1 Å². The molecule has 1 N–H and O–H groups in total. The Balaban J connectivity index is 1.79. The number of carbonyl (C=O) groups is 1. The number of rotatable bonds is 4. The Kier molecular flexibility index (Phi) is 4.33. The SMILES string of the molecule is O=C1[C@@H](NS(=O)(=O)c2ccc(F)cc2)CCN1c1ccccc1F. The van der Waals surface area contributed by atoms with Crippen LogP contribution in [0.25, 0.3) is 0 Å². The van der Waals surface area contributed by atoms with Gasteiger partial charge in [-0.25, -0.2) is 17.2 Å². The van der Waals surface area contributed by atoms with Crippen LogP contribution in [0.5, 0.6) is 0 Å². The molecule has 24 heavy (non-hydrogen) atoms. The van der Waals surface area contributed by atoms with Crippen LogP contribution in [0.1, 0.15) is 6.42 Å². The van der Waals surface area contributed by atoms with Crippen LogP contribution < -0.4 is 9.62 Å². The highest BCUT2D eigenvalue weighted by molar-refractivity contribution is 7.89. The third kappa shape index (κ3) is 3.15. The lowest BCUT2D eigenvalue weighted by molar-refractivity contribution is -0.118. The van der Waals surface area contributed by atoms with Gasteiger partial charge in [-0.15, -0.1) is 0 Å². The van der Waals surface area contributed by atoms with E-state index in [0.29, 0.717) is 0 Å². The van der Waals surface area contributed by atoms with Gasteiger partial charge in [-0.2, -0.15) is 4.72 Å². The van der Waals surface area contributed by atoms with Gasteiger partial charge in [0.25, 0.3) is 0 Å². The Morgan fingerprint density at radius 3 is 2.38 bits per heavy atom. The van der Waals surface area contributed by atoms with Crippen LogP contribution in [0.3, 0.4) is 0 Å². The molecule has 0 radical (unpaired) electrons. The number of anilines is 1. The molecule has 5 nitrogen and oxygen atoms in total. The Labute approximate surface area is 138 Å². The molecule has 1 amide bonds. The lowest BCUT2D eigenvalue weighted by Crippen LogP contribution is -2.41. The minimum atomic E-state index is -3.97. The largest absolute Gasteiger partial charge is 0.308 e. The molecular weight excluding hydrogens is 338 g/mol. The monoisotopic (exact) mass is 352 g/mol. The summed E-state index contributed by atoms with van der Waals surface area (Å²) in [6, 6.07) is 9.10. The zero-order valence-corrected chi connectivity index (χ0v) is 13.3. The van der Waals surface area contributed by atoms with E-state index in [1.54, 1.807) is 6.07 Å². The van der Waals surface area contributed by atoms with Crippen molar-refractivity contribution in [3.63, 3.8) is 0 Å². The van der Waals surface area contributed by atoms with Crippen molar-refractivity contribution in [2.75, 3.05) is 11.4 Å². The number of benzene rings is 2. The second-order valence-electron chi connectivity index (χ2n) is 5.36. The molecule has 1 atom stereocenters. The summed E-state index contributed by atoms with van der Waals surface area (Å²) in [5.74, 6) is -1.63. The molecule has 0 spiro atoms. The predicted octanol–water partition coefficient (Wildman–Crippen LogP) is 2.05. The van der Waals surface area contributed by atoms with E-state index in [2.05, 4.69) is 4.72 Å². The maximum Gasteiger partial charge on any atom is 0.245 e. The summed E-state index contributed by atoms with van der Waals surface area (Å²) in [4.78, 5) is 13.5. The van der Waals surface area contributed by atoms with Crippen LogP contribution in [0, 0.1) is 11.6 Å². The highest BCUT2D eigenvalue weighted by atomic mass is 32.2. The molecule has 0 unspecified atom stereocenters. The van der Waals surface area contributed by atoms with Gasteiger partial charge in [-0.05, 0) is 42.8 Å². The number of sulfonamides is 1. The van der Waals surface area contributed by atoms with E-state index in [9.17, 15) is 22.0 Å². The van der Waals surface area contributed by atoms with Crippen molar-refractivity contribution in [3.05, 3.63) is 60.2 Å². The molecule has 0 saturated carbocycles. The first kappa shape index (κ1) is 16.5. The fraction of sp³-hybridized carbons (Fsp3) is 0.188. The fourth-order valence-electron chi connectivity index (χ4n) is 2.57. The molecule has 2 aromatic rings. The molecule has 0 aliphatic carbocycles. The number of nitrogens with zero attached hydrogens (tertiary/aromatic N) is 1. The van der Waals surface area contributed by atoms with Gasteiger partial charge in [0.05, 0.1) is 10.6 Å². The quantitative estimate of drug-likeness (QED) is 0.916. The molecule has 8 heteroatoms. The van der Waals surface area contributed by atoms with Crippen LogP contribution >= 0.6 is 0 Å². The molecule has 1 heterocycles. The summed E-state index contributed by atoms with van der Waals surface area (Å²) >= 11 is 0. The Morgan fingerprint density at radius 2 is 1.71 bits per heavy atom. The second kappa shape index (κ2) is 6.29. The number of halogens is 2. The van der Waals surface area contributed by atoms with Gasteiger partial charge in [0.2, 0.25) is 15.9 Å². The summed E-state index contributed by atoms with van der Waals surface area (Å²) in [5, 5.41) is 0. The van der Waals surface area contributed by atoms with E-state index in [0.717, 1.165) is 24.3 Å². The standard InChI is InChI=1S/C16H14F2N2O3S/c17-11-5-7-12(8-6-11)24(22,23)19-14-9-10-20(16(14)21)15-4-2-1-3-13(15)18/h1-8,14,19H,9-10H2/t14-/m0/s1. The maximum atomic E-state index is 13.8. The molecule has 0 bridgehead atoms. The van der Waals surface area contributed by atoms with E-state index in [4.69, 9.17) is 0 Å². The van der Waals surface area contributed by atoms with Crippen LogP contribution in [-0.4, -0.2) is 26.9 Å². The summed E-state index contributed by atoms with van der Waals surface area (Å²) in [6.45, 7) is 0.205. The molecule has 2 aromatic carbocycles. The molecule has 1 aliphatic rings. The smallest absolute Gasteiger partial charge is 0.245 e. The Hall–Kier alpha value is -2.32. The second-order valence-corrected chi connectivity index (χ2v) is 7.07. The highest BCUT2D eigenvalue weighted by Crippen LogP contribution is 2.25. The number of nitrogens with one attached hydrogen (secondary N) is 1. The summed E-state index contributed by atoms with van der Waals surface area (Å²) in [6.07, 6.45) is 0.216. The van der Waals surface area contributed by atoms with Gasteiger partial charge < -0.3 is 4.90 Å². The number of carbonyl (C=O) groups excluding carboxylic acids is 1. The Bertz CT molecular complexity index is 869. The van der Waals surface area contributed by atoms with Gasteiger partial charge in [0.15, 0.2) is 0 Å². The van der Waals surface area contributed by atoms with Crippen LogP contribution in [0.15, 0.2) is 53.4 Å². The van der Waals surface area contributed by atoms with Crippen molar-refractivity contribution in [1.82, 2.24) is 4.72 Å². The number of hydrogen-bond acceptors (Lipinski definition) is 3. The van der Waals surface area contributed by atoms with Gasteiger partial charge in [0, 0.05) is 6.54 Å². The normalized spacial score (nSPS) is 18.2. The Morgan fingerprint density at radius 1 is 1.04 bits per heavy atom. The molecule has 126 valence electrons. The lowest BCUT2D eigenvalue weighted by Gasteiger charge is -2.18. The summed E-state index contributed by atoms with van der Waals surface area (Å²) < 4.78 is 53.6. The number of hydrogen-bond donors (Lipinski definition) is 1. The highest BCUT2D eigenvalue weighted by Gasteiger charge is 2.36. The van der Waals surface area contributed by atoms with Gasteiger partial charge in [0.1, 0.15) is 17.7 Å². The van der Waals surface area contributed by atoms with Crippen LogP contribution in [-0.2, 0) is 14.8 Å². The summed E-state index contributed by atoms with van der Waals surface area (Å²) in [5.41, 5.74) is 0.117. The first-order chi connectivity index (χ1) is 11.4. The summed E-state index contributed by atoms with van der Waals surface area (Å²) in [7, 11) is -3.97. The third-order valence-corrected chi connectivity index (χ3v) is 5.26. The minimum absolute atomic E-state index is 0.117. The van der Waals surface area contributed by atoms with E-state index in [1.165, 1.54) is 23.1 Å². The zero-order chi connectivity index (χ0) is 17.3. The van der Waals surface area contributed by atoms with E-state index < -0.39 is 33.6 Å².